The van der Waals surface area contributed by atoms with Gasteiger partial charge in [-0.1, -0.05) is 26.7 Å². The van der Waals surface area contributed by atoms with E-state index in [-0.39, 0.29) is 12.1 Å². The molecule has 0 aromatic heterocycles. The molecule has 96 valence electrons. The van der Waals surface area contributed by atoms with Crippen molar-refractivity contribution < 1.29 is 9.84 Å². The minimum Gasteiger partial charge on any atom is -0.392 e. The van der Waals surface area contributed by atoms with E-state index < -0.39 is 0 Å². The molecular weight excluding hydrogens is 202 g/mol. The Morgan fingerprint density at radius 1 is 1.31 bits per heavy atom. The Hall–Kier alpha value is -0.120. The van der Waals surface area contributed by atoms with Gasteiger partial charge in [-0.15, -0.1) is 0 Å². The van der Waals surface area contributed by atoms with Crippen molar-refractivity contribution in [2.45, 2.75) is 64.6 Å². The van der Waals surface area contributed by atoms with Crippen LogP contribution in [0.5, 0.6) is 0 Å². The fraction of sp³-hybridized carbons (Fsp3) is 1.00. The summed E-state index contributed by atoms with van der Waals surface area (Å²) in [6, 6.07) is 0.624. The standard InChI is InChI=1S/C13H27NO2/c1-4-16-9-12(10(2)3)14-11-7-5-6-8-13(11)15/h10-15H,4-9H2,1-3H3/t11-,12?,13-/m1/s1. The predicted molar refractivity (Wildman–Crippen MR) is 66.5 cm³/mol. The lowest BCUT2D eigenvalue weighted by molar-refractivity contribution is 0.0570. The van der Waals surface area contributed by atoms with Crippen molar-refractivity contribution in [1.82, 2.24) is 5.32 Å². The van der Waals surface area contributed by atoms with E-state index in [1.807, 2.05) is 6.92 Å². The number of rotatable bonds is 6. The minimum atomic E-state index is -0.170. The lowest BCUT2D eigenvalue weighted by Gasteiger charge is -2.33. The van der Waals surface area contributed by atoms with Gasteiger partial charge in [0, 0.05) is 18.7 Å². The van der Waals surface area contributed by atoms with Crippen molar-refractivity contribution in [3.05, 3.63) is 0 Å². The SMILES string of the molecule is CCOCC(N[C@@H]1CCCC[C@H]1O)C(C)C. The molecule has 0 bridgehead atoms. The lowest BCUT2D eigenvalue weighted by Crippen LogP contribution is -2.50. The van der Waals surface area contributed by atoms with E-state index in [0.717, 1.165) is 32.5 Å². The first-order valence-electron chi connectivity index (χ1n) is 6.67. The molecule has 1 aliphatic rings. The quantitative estimate of drug-likeness (QED) is 0.731. The van der Waals surface area contributed by atoms with Crippen LogP contribution in [0.25, 0.3) is 0 Å². The van der Waals surface area contributed by atoms with Crippen LogP contribution in [0.2, 0.25) is 0 Å². The fourth-order valence-corrected chi connectivity index (χ4v) is 2.26. The van der Waals surface area contributed by atoms with Crippen LogP contribution in [0.15, 0.2) is 0 Å². The van der Waals surface area contributed by atoms with Crippen LogP contribution >= 0.6 is 0 Å². The zero-order valence-electron chi connectivity index (χ0n) is 10.9. The van der Waals surface area contributed by atoms with E-state index in [0.29, 0.717) is 12.0 Å². The van der Waals surface area contributed by atoms with Gasteiger partial charge in [0.25, 0.3) is 0 Å². The van der Waals surface area contributed by atoms with E-state index >= 15 is 0 Å². The van der Waals surface area contributed by atoms with Crippen molar-refractivity contribution in [2.75, 3.05) is 13.2 Å². The largest absolute Gasteiger partial charge is 0.392 e. The van der Waals surface area contributed by atoms with Gasteiger partial charge >= 0.3 is 0 Å². The van der Waals surface area contributed by atoms with Crippen molar-refractivity contribution in [1.29, 1.82) is 0 Å². The molecule has 2 N–H and O–H groups in total. The third kappa shape index (κ3) is 4.40. The number of ether oxygens (including phenoxy) is 1. The number of hydrogen-bond acceptors (Lipinski definition) is 3. The summed E-state index contributed by atoms with van der Waals surface area (Å²) in [6.45, 7) is 7.93. The van der Waals surface area contributed by atoms with Crippen molar-refractivity contribution in [3.63, 3.8) is 0 Å². The molecule has 0 aromatic carbocycles. The van der Waals surface area contributed by atoms with Gasteiger partial charge in [-0.25, -0.2) is 0 Å². The summed E-state index contributed by atoms with van der Waals surface area (Å²) >= 11 is 0. The summed E-state index contributed by atoms with van der Waals surface area (Å²) in [6.07, 6.45) is 4.26. The smallest absolute Gasteiger partial charge is 0.0693 e. The monoisotopic (exact) mass is 229 g/mol. The van der Waals surface area contributed by atoms with Crippen LogP contribution in [0.3, 0.4) is 0 Å². The maximum Gasteiger partial charge on any atom is 0.0693 e. The van der Waals surface area contributed by atoms with E-state index in [2.05, 4.69) is 19.2 Å². The molecule has 0 radical (unpaired) electrons. The summed E-state index contributed by atoms with van der Waals surface area (Å²) in [4.78, 5) is 0. The van der Waals surface area contributed by atoms with Gasteiger partial charge < -0.3 is 15.2 Å². The average molecular weight is 229 g/mol. The maximum absolute atomic E-state index is 9.92. The Balaban J connectivity index is 2.39. The summed E-state index contributed by atoms with van der Waals surface area (Å²) in [5.41, 5.74) is 0. The summed E-state index contributed by atoms with van der Waals surface area (Å²) in [7, 11) is 0. The Kier molecular flexibility index (Phi) is 6.32. The molecule has 1 rings (SSSR count). The molecule has 0 aromatic rings. The summed E-state index contributed by atoms with van der Waals surface area (Å²) < 4.78 is 5.49. The molecular formula is C13H27NO2. The van der Waals surface area contributed by atoms with Crippen LogP contribution in [-0.2, 0) is 4.74 Å². The molecule has 1 fully saturated rings. The van der Waals surface area contributed by atoms with Crippen molar-refractivity contribution in [3.8, 4) is 0 Å². The molecule has 0 saturated heterocycles. The third-order valence-electron chi connectivity index (χ3n) is 3.46. The van der Waals surface area contributed by atoms with Gasteiger partial charge in [0.05, 0.1) is 12.7 Å². The lowest BCUT2D eigenvalue weighted by atomic mass is 9.91. The molecule has 0 amide bonds. The van der Waals surface area contributed by atoms with Crippen molar-refractivity contribution >= 4 is 0 Å². The maximum atomic E-state index is 9.92. The van der Waals surface area contributed by atoms with E-state index in [9.17, 15) is 5.11 Å². The first-order valence-corrected chi connectivity index (χ1v) is 6.67. The third-order valence-corrected chi connectivity index (χ3v) is 3.46. The second kappa shape index (κ2) is 7.25. The highest BCUT2D eigenvalue weighted by Gasteiger charge is 2.26. The molecule has 0 aliphatic heterocycles. The zero-order chi connectivity index (χ0) is 12.0. The van der Waals surface area contributed by atoms with E-state index in [4.69, 9.17) is 4.74 Å². The van der Waals surface area contributed by atoms with Gasteiger partial charge in [0.15, 0.2) is 0 Å². The van der Waals surface area contributed by atoms with Gasteiger partial charge in [0.2, 0.25) is 0 Å². The molecule has 3 nitrogen and oxygen atoms in total. The molecule has 1 aliphatic carbocycles. The highest BCUT2D eigenvalue weighted by molar-refractivity contribution is 4.84. The zero-order valence-corrected chi connectivity index (χ0v) is 10.9. The fourth-order valence-electron chi connectivity index (χ4n) is 2.26. The number of nitrogens with one attached hydrogen (secondary N) is 1. The second-order valence-corrected chi connectivity index (χ2v) is 5.13. The van der Waals surface area contributed by atoms with Crippen LogP contribution in [-0.4, -0.2) is 36.5 Å². The normalized spacial score (nSPS) is 28.3. The highest BCUT2D eigenvalue weighted by Crippen LogP contribution is 2.19. The van der Waals surface area contributed by atoms with Gasteiger partial charge in [0.1, 0.15) is 0 Å². The predicted octanol–water partition coefficient (Wildman–Crippen LogP) is 1.94. The molecule has 0 heterocycles. The second-order valence-electron chi connectivity index (χ2n) is 5.13. The summed E-state index contributed by atoms with van der Waals surface area (Å²) in [5, 5.41) is 13.5. The number of aliphatic hydroxyl groups is 1. The Morgan fingerprint density at radius 3 is 2.56 bits per heavy atom. The molecule has 3 heteroatoms. The molecule has 16 heavy (non-hydrogen) atoms. The molecule has 3 atom stereocenters. The Labute approximate surface area is 99.6 Å². The Bertz CT molecular complexity index is 185. The number of hydrogen-bond donors (Lipinski definition) is 2. The Morgan fingerprint density at radius 2 is 2.00 bits per heavy atom. The average Bonchev–Trinajstić information content (AvgIpc) is 2.26. The van der Waals surface area contributed by atoms with Gasteiger partial charge in [-0.05, 0) is 25.7 Å². The topological polar surface area (TPSA) is 41.5 Å². The van der Waals surface area contributed by atoms with E-state index in [1.54, 1.807) is 0 Å². The van der Waals surface area contributed by atoms with Gasteiger partial charge in [-0.2, -0.15) is 0 Å². The number of aliphatic hydroxyl groups excluding tert-OH is 1. The summed E-state index contributed by atoms with van der Waals surface area (Å²) in [5.74, 6) is 0.542. The van der Waals surface area contributed by atoms with Crippen LogP contribution in [0.4, 0.5) is 0 Å². The van der Waals surface area contributed by atoms with Crippen LogP contribution in [0, 0.1) is 5.92 Å². The highest BCUT2D eigenvalue weighted by atomic mass is 16.5. The van der Waals surface area contributed by atoms with Gasteiger partial charge in [-0.3, -0.25) is 0 Å². The van der Waals surface area contributed by atoms with Crippen LogP contribution < -0.4 is 5.32 Å². The molecule has 1 saturated carbocycles. The first-order chi connectivity index (χ1) is 7.65. The molecule has 1 unspecified atom stereocenters. The minimum absolute atomic E-state index is 0.170. The first kappa shape index (κ1) is 13.9. The molecule has 0 spiro atoms. The van der Waals surface area contributed by atoms with E-state index in [1.165, 1.54) is 6.42 Å². The van der Waals surface area contributed by atoms with Crippen LogP contribution in [0.1, 0.15) is 46.5 Å². The van der Waals surface area contributed by atoms with Crippen molar-refractivity contribution in [2.24, 2.45) is 5.92 Å².